The van der Waals surface area contributed by atoms with Crippen LogP contribution in [-0.2, 0) is 6.42 Å². The van der Waals surface area contributed by atoms with E-state index in [1.165, 1.54) is 11.3 Å². The summed E-state index contributed by atoms with van der Waals surface area (Å²) in [7, 11) is 0. The molecule has 0 bridgehead atoms. The first kappa shape index (κ1) is 15.3. The Morgan fingerprint density at radius 2 is 2.21 bits per heavy atom. The van der Waals surface area contributed by atoms with Crippen molar-refractivity contribution in [3.63, 3.8) is 0 Å². The Kier molecular flexibility index (Phi) is 5.66. The van der Waals surface area contributed by atoms with Crippen molar-refractivity contribution in [3.8, 4) is 0 Å². The van der Waals surface area contributed by atoms with Crippen molar-refractivity contribution in [1.82, 2.24) is 10.3 Å². The minimum Gasteiger partial charge on any atom is -0.310 e. The summed E-state index contributed by atoms with van der Waals surface area (Å²) in [5.74, 6) is 0. The van der Waals surface area contributed by atoms with Gasteiger partial charge in [0.15, 0.2) is 0 Å². The molecule has 6 heteroatoms. The summed E-state index contributed by atoms with van der Waals surface area (Å²) in [6.45, 7) is 2.94. The molecule has 1 N–H and O–H groups in total. The molecule has 2 rings (SSSR count). The lowest BCUT2D eigenvalue weighted by Gasteiger charge is -2.17. The van der Waals surface area contributed by atoms with E-state index in [0.717, 1.165) is 33.0 Å². The summed E-state index contributed by atoms with van der Waals surface area (Å²) >= 11 is 17.0. The van der Waals surface area contributed by atoms with Gasteiger partial charge in [-0.2, -0.15) is 0 Å². The summed E-state index contributed by atoms with van der Waals surface area (Å²) < 4.78 is 2.44. The highest BCUT2D eigenvalue weighted by atomic mass is 79.9. The first-order valence-corrected chi connectivity index (χ1v) is 8.25. The predicted octanol–water partition coefficient (Wildman–Crippen LogP) is 5.11. The zero-order valence-electron chi connectivity index (χ0n) is 10.3. The Morgan fingerprint density at radius 1 is 1.42 bits per heavy atom. The van der Waals surface area contributed by atoms with Crippen molar-refractivity contribution >= 4 is 50.5 Å². The van der Waals surface area contributed by atoms with E-state index < -0.39 is 0 Å². The van der Waals surface area contributed by atoms with Crippen LogP contribution in [0.25, 0.3) is 0 Å². The minimum atomic E-state index is 0.134. The minimum absolute atomic E-state index is 0.134. The molecule has 0 amide bonds. The Labute approximate surface area is 135 Å². The number of pyridine rings is 1. The van der Waals surface area contributed by atoms with Gasteiger partial charge in [-0.3, -0.25) is 4.98 Å². The lowest BCUT2D eigenvalue weighted by molar-refractivity contribution is 0.545. The zero-order valence-corrected chi connectivity index (χ0v) is 14.2. The number of likely N-dealkylation sites (N-methyl/N-ethyl adjacent to an activating group) is 1. The summed E-state index contributed by atoms with van der Waals surface area (Å²) in [5.41, 5.74) is 2.07. The molecule has 0 spiro atoms. The molecular formula is C13H13BrCl2N2S. The van der Waals surface area contributed by atoms with Gasteiger partial charge in [0.2, 0.25) is 0 Å². The normalized spacial score (nSPS) is 12.6. The van der Waals surface area contributed by atoms with Crippen LogP contribution >= 0.6 is 50.5 Å². The maximum Gasteiger partial charge on any atom is 0.0992 e. The fourth-order valence-electron chi connectivity index (χ4n) is 1.87. The molecule has 0 aromatic carbocycles. The summed E-state index contributed by atoms with van der Waals surface area (Å²) in [6.07, 6.45) is 2.59. The molecule has 0 fully saturated rings. The number of rotatable bonds is 5. The number of nitrogens with one attached hydrogen (secondary N) is 1. The monoisotopic (exact) mass is 378 g/mol. The Morgan fingerprint density at radius 3 is 2.74 bits per heavy atom. The summed E-state index contributed by atoms with van der Waals surface area (Å²) in [5, 5.41) is 3.43. The van der Waals surface area contributed by atoms with Crippen molar-refractivity contribution in [2.24, 2.45) is 0 Å². The number of nitrogens with zero attached hydrogens (tertiary/aromatic N) is 1. The second kappa shape index (κ2) is 7.04. The maximum absolute atomic E-state index is 6.23. The fourth-order valence-corrected chi connectivity index (χ4v) is 3.68. The molecule has 0 aliphatic rings. The van der Waals surface area contributed by atoms with Crippen LogP contribution in [0.15, 0.2) is 28.9 Å². The number of hydrogen-bond donors (Lipinski definition) is 1. The van der Waals surface area contributed by atoms with E-state index in [1.807, 2.05) is 18.2 Å². The second-order valence-corrected chi connectivity index (χ2v) is 7.26. The van der Waals surface area contributed by atoms with Crippen molar-refractivity contribution in [2.45, 2.75) is 19.4 Å². The first-order chi connectivity index (χ1) is 9.10. The molecular weight excluding hydrogens is 367 g/mol. The van der Waals surface area contributed by atoms with Crippen LogP contribution in [0.2, 0.25) is 8.67 Å². The van der Waals surface area contributed by atoms with Crippen molar-refractivity contribution in [2.75, 3.05) is 6.54 Å². The third-order valence-corrected chi connectivity index (χ3v) is 4.70. The molecule has 102 valence electrons. The van der Waals surface area contributed by atoms with Gasteiger partial charge < -0.3 is 5.32 Å². The average Bonchev–Trinajstić information content (AvgIpc) is 2.71. The molecule has 19 heavy (non-hydrogen) atoms. The highest BCUT2D eigenvalue weighted by molar-refractivity contribution is 9.10. The van der Waals surface area contributed by atoms with Crippen LogP contribution in [0.1, 0.15) is 24.2 Å². The third-order valence-electron chi connectivity index (χ3n) is 2.71. The van der Waals surface area contributed by atoms with Crippen molar-refractivity contribution in [3.05, 3.63) is 48.8 Å². The van der Waals surface area contributed by atoms with Crippen LogP contribution in [0.5, 0.6) is 0 Å². The van der Waals surface area contributed by atoms with Crippen LogP contribution in [0, 0.1) is 0 Å². The Bertz CT molecular complexity index is 542. The molecule has 0 saturated carbocycles. The molecule has 0 radical (unpaired) electrons. The van der Waals surface area contributed by atoms with E-state index >= 15 is 0 Å². The molecule has 2 heterocycles. The Balaban J connectivity index is 2.20. The van der Waals surface area contributed by atoms with Crippen LogP contribution in [0.3, 0.4) is 0 Å². The van der Waals surface area contributed by atoms with Crippen molar-refractivity contribution in [1.29, 1.82) is 0 Å². The average molecular weight is 380 g/mol. The molecule has 2 aromatic rings. The molecule has 0 saturated heterocycles. The molecule has 2 aromatic heterocycles. The smallest absolute Gasteiger partial charge is 0.0992 e. The zero-order chi connectivity index (χ0) is 13.8. The van der Waals surface area contributed by atoms with Gasteiger partial charge in [0.25, 0.3) is 0 Å². The molecule has 1 unspecified atom stereocenters. The van der Waals surface area contributed by atoms with E-state index in [2.05, 4.69) is 33.2 Å². The lowest BCUT2D eigenvalue weighted by atomic mass is 10.0. The van der Waals surface area contributed by atoms with Gasteiger partial charge in [0, 0.05) is 34.4 Å². The summed E-state index contributed by atoms with van der Waals surface area (Å²) in [4.78, 5) is 4.40. The highest BCUT2D eigenvalue weighted by Gasteiger charge is 2.17. The predicted molar refractivity (Wildman–Crippen MR) is 86.4 cm³/mol. The van der Waals surface area contributed by atoms with Crippen LogP contribution < -0.4 is 5.32 Å². The van der Waals surface area contributed by atoms with E-state index in [9.17, 15) is 0 Å². The van der Waals surface area contributed by atoms with Crippen molar-refractivity contribution < 1.29 is 0 Å². The van der Waals surface area contributed by atoms with Gasteiger partial charge in [0.05, 0.1) is 8.67 Å². The van der Waals surface area contributed by atoms with E-state index in [4.69, 9.17) is 23.2 Å². The van der Waals surface area contributed by atoms with Crippen LogP contribution in [-0.4, -0.2) is 11.5 Å². The number of hydrogen-bond acceptors (Lipinski definition) is 3. The number of thiophene rings is 1. The summed E-state index contributed by atoms with van der Waals surface area (Å²) in [6, 6.07) is 6.07. The second-order valence-electron chi connectivity index (χ2n) is 4.06. The molecule has 1 atom stereocenters. The lowest BCUT2D eigenvalue weighted by Crippen LogP contribution is -2.23. The van der Waals surface area contributed by atoms with Gasteiger partial charge >= 0.3 is 0 Å². The quantitative estimate of drug-likeness (QED) is 0.780. The van der Waals surface area contributed by atoms with Gasteiger partial charge in [-0.05, 0) is 40.7 Å². The maximum atomic E-state index is 6.23. The topological polar surface area (TPSA) is 24.9 Å². The van der Waals surface area contributed by atoms with Gasteiger partial charge in [-0.25, -0.2) is 0 Å². The van der Waals surface area contributed by atoms with Gasteiger partial charge in [-0.15, -0.1) is 11.3 Å². The van der Waals surface area contributed by atoms with E-state index in [-0.39, 0.29) is 6.04 Å². The first-order valence-electron chi connectivity index (χ1n) is 5.88. The van der Waals surface area contributed by atoms with E-state index in [1.54, 1.807) is 6.20 Å². The molecule has 0 aliphatic heterocycles. The largest absolute Gasteiger partial charge is 0.310 e. The molecule has 2 nitrogen and oxygen atoms in total. The number of halogens is 3. The van der Waals surface area contributed by atoms with Gasteiger partial charge in [-0.1, -0.05) is 30.1 Å². The highest BCUT2D eigenvalue weighted by Crippen LogP contribution is 2.36. The number of aromatic nitrogens is 1. The van der Waals surface area contributed by atoms with E-state index in [0.29, 0.717) is 4.34 Å². The fraction of sp³-hybridized carbons (Fsp3) is 0.308. The Hall–Kier alpha value is -0.130. The molecule has 0 aliphatic carbocycles. The third kappa shape index (κ3) is 4.17. The van der Waals surface area contributed by atoms with Gasteiger partial charge in [0.1, 0.15) is 0 Å². The van der Waals surface area contributed by atoms with Crippen LogP contribution in [0.4, 0.5) is 0 Å². The standard InChI is InChI=1S/C13H13BrCl2N2S/c1-2-17-11(10-6-12(15)19-13(10)16)5-9-4-3-8(14)7-18-9/h3-4,6-7,11,17H,2,5H2,1H3. The SMILES string of the molecule is CCNC(Cc1ccc(Br)cn1)c1cc(Cl)sc1Cl.